The largest absolute Gasteiger partial charge is 0.377 e. The first kappa shape index (κ1) is 16.3. The molecule has 2 fully saturated rings. The molecule has 3 unspecified atom stereocenters. The quantitative estimate of drug-likeness (QED) is 0.743. The van der Waals surface area contributed by atoms with E-state index in [0.717, 1.165) is 19.6 Å². The van der Waals surface area contributed by atoms with E-state index in [-0.39, 0.29) is 11.0 Å². The number of ether oxygens (including phenoxy) is 1. The minimum Gasteiger partial charge on any atom is -0.377 e. The lowest BCUT2D eigenvalue weighted by molar-refractivity contribution is -0.163. The molecule has 1 saturated carbocycles. The fourth-order valence-electron chi connectivity index (χ4n) is 4.20. The third-order valence-electron chi connectivity index (χ3n) is 5.81. The Balaban J connectivity index is 2.00. The van der Waals surface area contributed by atoms with Crippen LogP contribution in [0.2, 0.25) is 0 Å². The lowest BCUT2D eigenvalue weighted by Gasteiger charge is -2.63. The van der Waals surface area contributed by atoms with Gasteiger partial charge in [-0.15, -0.1) is 0 Å². The van der Waals surface area contributed by atoms with Crippen LogP contribution in [0.3, 0.4) is 0 Å². The van der Waals surface area contributed by atoms with Crippen molar-refractivity contribution < 1.29 is 4.74 Å². The number of nitrogens with zero attached hydrogens (tertiary/aromatic N) is 1. The van der Waals surface area contributed by atoms with Crippen LogP contribution >= 0.6 is 0 Å². The van der Waals surface area contributed by atoms with Crippen molar-refractivity contribution in [1.29, 1.82) is 0 Å². The summed E-state index contributed by atoms with van der Waals surface area (Å²) in [6, 6.07) is 0. The average molecular weight is 282 g/mol. The van der Waals surface area contributed by atoms with Gasteiger partial charge in [0.25, 0.3) is 0 Å². The van der Waals surface area contributed by atoms with Crippen molar-refractivity contribution in [2.24, 2.45) is 17.1 Å². The standard InChI is InChI=1S/C17H34N2O/c1-5-7-10-19(11-8-6-2)13-17(18)14-9-12-20-15(14)16(17,3)4/h14-15H,5-13,18H2,1-4H3. The van der Waals surface area contributed by atoms with Gasteiger partial charge >= 0.3 is 0 Å². The van der Waals surface area contributed by atoms with Gasteiger partial charge in [-0.2, -0.15) is 0 Å². The van der Waals surface area contributed by atoms with Gasteiger partial charge in [0.15, 0.2) is 0 Å². The van der Waals surface area contributed by atoms with Gasteiger partial charge < -0.3 is 15.4 Å². The average Bonchev–Trinajstić information content (AvgIpc) is 2.90. The molecule has 20 heavy (non-hydrogen) atoms. The van der Waals surface area contributed by atoms with Crippen LogP contribution in [0, 0.1) is 11.3 Å². The normalized spacial score (nSPS) is 35.1. The van der Waals surface area contributed by atoms with E-state index in [0.29, 0.717) is 12.0 Å². The number of fused-ring (bicyclic) bond motifs is 1. The van der Waals surface area contributed by atoms with E-state index < -0.39 is 0 Å². The SMILES string of the molecule is CCCCN(CCCC)CC1(N)C2CCOC2C1(C)C. The smallest absolute Gasteiger partial charge is 0.0691 e. The molecule has 0 radical (unpaired) electrons. The summed E-state index contributed by atoms with van der Waals surface area (Å²) in [5, 5.41) is 0. The van der Waals surface area contributed by atoms with E-state index in [9.17, 15) is 0 Å². The molecule has 0 aromatic rings. The van der Waals surface area contributed by atoms with Crippen molar-refractivity contribution in [3.63, 3.8) is 0 Å². The first-order valence-corrected chi connectivity index (χ1v) is 8.60. The lowest BCUT2D eigenvalue weighted by Crippen LogP contribution is -2.78. The van der Waals surface area contributed by atoms with Crippen LogP contribution in [0.1, 0.15) is 59.8 Å². The first-order chi connectivity index (χ1) is 9.47. The second-order valence-electron chi connectivity index (χ2n) is 7.43. The van der Waals surface area contributed by atoms with Crippen LogP contribution < -0.4 is 5.73 Å². The Morgan fingerprint density at radius 3 is 2.30 bits per heavy atom. The van der Waals surface area contributed by atoms with Crippen LogP contribution in [0.25, 0.3) is 0 Å². The summed E-state index contributed by atoms with van der Waals surface area (Å²) < 4.78 is 5.91. The zero-order chi connectivity index (χ0) is 14.8. The first-order valence-electron chi connectivity index (χ1n) is 8.60. The van der Waals surface area contributed by atoms with Crippen molar-refractivity contribution in [3.8, 4) is 0 Å². The monoisotopic (exact) mass is 282 g/mol. The predicted molar refractivity (Wildman–Crippen MR) is 84.8 cm³/mol. The lowest BCUT2D eigenvalue weighted by atomic mass is 9.48. The molecule has 1 aliphatic heterocycles. The van der Waals surface area contributed by atoms with Crippen molar-refractivity contribution in [2.45, 2.75) is 71.4 Å². The van der Waals surface area contributed by atoms with Crippen LogP contribution in [0.4, 0.5) is 0 Å². The Morgan fingerprint density at radius 1 is 1.15 bits per heavy atom. The predicted octanol–water partition coefficient (Wildman–Crippen LogP) is 3.03. The number of hydrogen-bond acceptors (Lipinski definition) is 3. The summed E-state index contributed by atoms with van der Waals surface area (Å²) in [6.45, 7) is 13.5. The van der Waals surface area contributed by atoms with E-state index in [1.807, 2.05) is 0 Å². The summed E-state index contributed by atoms with van der Waals surface area (Å²) in [5.74, 6) is 0.572. The van der Waals surface area contributed by atoms with Crippen LogP contribution in [0.5, 0.6) is 0 Å². The fraction of sp³-hybridized carbons (Fsp3) is 1.00. The van der Waals surface area contributed by atoms with Gasteiger partial charge in [0.1, 0.15) is 0 Å². The third-order valence-corrected chi connectivity index (χ3v) is 5.81. The Morgan fingerprint density at radius 2 is 1.75 bits per heavy atom. The molecule has 0 aromatic heterocycles. The molecule has 3 atom stereocenters. The van der Waals surface area contributed by atoms with Gasteiger partial charge in [0.05, 0.1) is 6.10 Å². The van der Waals surface area contributed by atoms with Crippen LogP contribution in [-0.4, -0.2) is 42.8 Å². The van der Waals surface area contributed by atoms with Crippen LogP contribution in [-0.2, 0) is 4.74 Å². The molecule has 3 heteroatoms. The Kier molecular flexibility index (Phi) is 5.14. The van der Waals surface area contributed by atoms with Crippen LogP contribution in [0.15, 0.2) is 0 Å². The van der Waals surface area contributed by atoms with Gasteiger partial charge in [0.2, 0.25) is 0 Å². The highest BCUT2D eigenvalue weighted by Gasteiger charge is 2.67. The maximum atomic E-state index is 6.89. The molecule has 0 spiro atoms. The molecular weight excluding hydrogens is 248 g/mol. The van der Waals surface area contributed by atoms with E-state index >= 15 is 0 Å². The molecule has 1 saturated heterocycles. The molecule has 2 rings (SSSR count). The highest BCUT2D eigenvalue weighted by molar-refractivity contribution is 5.21. The molecule has 0 aromatic carbocycles. The summed E-state index contributed by atoms with van der Waals surface area (Å²) in [6.07, 6.45) is 6.64. The number of hydrogen-bond donors (Lipinski definition) is 1. The molecule has 2 aliphatic rings. The Bertz CT molecular complexity index is 310. The van der Waals surface area contributed by atoms with Crippen molar-refractivity contribution in [1.82, 2.24) is 4.90 Å². The Hall–Kier alpha value is -0.120. The molecule has 2 N–H and O–H groups in total. The van der Waals surface area contributed by atoms with E-state index in [4.69, 9.17) is 10.5 Å². The number of unbranched alkanes of at least 4 members (excludes halogenated alkanes) is 2. The maximum Gasteiger partial charge on any atom is 0.0691 e. The minimum absolute atomic E-state index is 0.0599. The highest BCUT2D eigenvalue weighted by atomic mass is 16.5. The van der Waals surface area contributed by atoms with E-state index in [2.05, 4.69) is 32.6 Å². The summed E-state index contributed by atoms with van der Waals surface area (Å²) in [7, 11) is 0. The zero-order valence-corrected chi connectivity index (χ0v) is 14.0. The number of rotatable bonds is 8. The number of nitrogens with two attached hydrogens (primary N) is 1. The third kappa shape index (κ3) is 2.65. The minimum atomic E-state index is -0.0599. The van der Waals surface area contributed by atoms with Crippen molar-refractivity contribution in [2.75, 3.05) is 26.2 Å². The van der Waals surface area contributed by atoms with Gasteiger partial charge in [-0.25, -0.2) is 0 Å². The van der Waals surface area contributed by atoms with Gasteiger partial charge in [0, 0.05) is 30.0 Å². The second-order valence-corrected chi connectivity index (χ2v) is 7.43. The zero-order valence-electron chi connectivity index (χ0n) is 14.0. The molecule has 3 nitrogen and oxygen atoms in total. The molecule has 1 aliphatic carbocycles. The van der Waals surface area contributed by atoms with E-state index in [1.54, 1.807) is 0 Å². The second kappa shape index (κ2) is 6.33. The molecule has 0 amide bonds. The van der Waals surface area contributed by atoms with Gasteiger partial charge in [-0.3, -0.25) is 0 Å². The fourth-order valence-corrected chi connectivity index (χ4v) is 4.20. The molecule has 118 valence electrons. The Labute approximate surface area is 125 Å². The van der Waals surface area contributed by atoms with Gasteiger partial charge in [-0.1, -0.05) is 40.5 Å². The highest BCUT2D eigenvalue weighted by Crippen LogP contribution is 2.58. The molecule has 1 heterocycles. The van der Waals surface area contributed by atoms with Crippen molar-refractivity contribution in [3.05, 3.63) is 0 Å². The summed E-state index contributed by atoms with van der Waals surface area (Å²) in [5.41, 5.74) is 6.94. The molecule has 0 bridgehead atoms. The summed E-state index contributed by atoms with van der Waals surface area (Å²) >= 11 is 0. The molecular formula is C17H34N2O. The van der Waals surface area contributed by atoms with Gasteiger partial charge in [-0.05, 0) is 32.4 Å². The van der Waals surface area contributed by atoms with E-state index in [1.165, 1.54) is 38.8 Å². The topological polar surface area (TPSA) is 38.5 Å². The van der Waals surface area contributed by atoms with Crippen molar-refractivity contribution >= 4 is 0 Å². The maximum absolute atomic E-state index is 6.89. The summed E-state index contributed by atoms with van der Waals surface area (Å²) in [4.78, 5) is 2.61.